The molecule has 0 bridgehead atoms. The molecular weight excluding hydrogens is 339 g/mol. The average Bonchev–Trinajstić information content (AvgIpc) is 2.56. The molecule has 0 radical (unpaired) electrons. The number of aliphatic hydroxyl groups excluding tert-OH is 1. The maximum absolute atomic E-state index is 13.6. The summed E-state index contributed by atoms with van der Waals surface area (Å²) in [6.07, 6.45) is -1.29. The van der Waals surface area contributed by atoms with Gasteiger partial charge in [0.15, 0.2) is 0 Å². The van der Waals surface area contributed by atoms with Crippen molar-refractivity contribution >= 4 is 23.2 Å². The number of hydrogen-bond acceptors (Lipinski definition) is 4. The Balaban J connectivity index is 1.92. The summed E-state index contributed by atoms with van der Waals surface area (Å²) in [6.45, 7) is -0.108. The van der Waals surface area contributed by atoms with Gasteiger partial charge in [0.05, 0.1) is 17.4 Å². The predicted octanol–water partition coefficient (Wildman–Crippen LogP) is 2.78. The van der Waals surface area contributed by atoms with E-state index in [-0.39, 0.29) is 29.2 Å². The van der Waals surface area contributed by atoms with Crippen LogP contribution in [0, 0.1) is 15.9 Å². The SMILES string of the molecule is O=C(Cc1c(F)cccc1Cl)NC[C@@H](O)c1ccc([N+](=O)[O-])cc1. The van der Waals surface area contributed by atoms with E-state index in [2.05, 4.69) is 5.32 Å². The number of carbonyl (C=O) groups excluding carboxylic acids is 1. The lowest BCUT2D eigenvalue weighted by Crippen LogP contribution is -2.30. The number of halogens is 2. The first kappa shape index (κ1) is 17.8. The summed E-state index contributed by atoms with van der Waals surface area (Å²) in [5.41, 5.74) is 0.412. The highest BCUT2D eigenvalue weighted by molar-refractivity contribution is 6.31. The summed E-state index contributed by atoms with van der Waals surface area (Å²) in [5, 5.41) is 23.2. The molecule has 0 saturated heterocycles. The number of carbonyl (C=O) groups is 1. The second-order valence-corrected chi connectivity index (χ2v) is 5.45. The van der Waals surface area contributed by atoms with Crippen molar-refractivity contribution in [2.75, 3.05) is 6.54 Å². The van der Waals surface area contributed by atoms with E-state index in [1.54, 1.807) is 0 Å². The highest BCUT2D eigenvalue weighted by atomic mass is 35.5. The van der Waals surface area contributed by atoms with Crippen LogP contribution in [0.15, 0.2) is 42.5 Å². The quantitative estimate of drug-likeness (QED) is 0.617. The highest BCUT2D eigenvalue weighted by Gasteiger charge is 2.14. The van der Waals surface area contributed by atoms with Crippen LogP contribution in [0.25, 0.3) is 0 Å². The Morgan fingerprint density at radius 1 is 1.29 bits per heavy atom. The van der Waals surface area contributed by atoms with Gasteiger partial charge in [0.2, 0.25) is 5.91 Å². The van der Waals surface area contributed by atoms with E-state index in [1.165, 1.54) is 42.5 Å². The van der Waals surface area contributed by atoms with Gasteiger partial charge in [-0.2, -0.15) is 0 Å². The third-order valence-corrected chi connectivity index (χ3v) is 3.73. The van der Waals surface area contributed by atoms with E-state index in [0.717, 1.165) is 0 Å². The first-order chi connectivity index (χ1) is 11.4. The molecule has 0 fully saturated rings. The van der Waals surface area contributed by atoms with E-state index in [4.69, 9.17) is 11.6 Å². The Kier molecular flexibility index (Phi) is 5.83. The zero-order valence-electron chi connectivity index (χ0n) is 12.4. The third-order valence-electron chi connectivity index (χ3n) is 3.38. The smallest absolute Gasteiger partial charge is 0.269 e. The lowest BCUT2D eigenvalue weighted by molar-refractivity contribution is -0.384. The van der Waals surface area contributed by atoms with Gasteiger partial charge in [0.25, 0.3) is 5.69 Å². The van der Waals surface area contributed by atoms with Gasteiger partial charge in [-0.1, -0.05) is 17.7 Å². The number of non-ortho nitro benzene ring substituents is 1. The van der Waals surface area contributed by atoms with E-state index >= 15 is 0 Å². The first-order valence-electron chi connectivity index (χ1n) is 7.00. The molecule has 24 heavy (non-hydrogen) atoms. The monoisotopic (exact) mass is 352 g/mol. The van der Waals surface area contributed by atoms with Crippen LogP contribution in [0.1, 0.15) is 17.2 Å². The normalized spacial score (nSPS) is 11.8. The molecule has 2 N–H and O–H groups in total. The Morgan fingerprint density at radius 3 is 2.54 bits per heavy atom. The minimum atomic E-state index is -1.04. The summed E-state index contributed by atoms with van der Waals surface area (Å²) < 4.78 is 13.6. The number of rotatable bonds is 6. The van der Waals surface area contributed by atoms with Crippen LogP contribution >= 0.6 is 11.6 Å². The molecule has 0 saturated carbocycles. The second kappa shape index (κ2) is 7.85. The number of nitro benzene ring substituents is 1. The number of hydrogen-bond donors (Lipinski definition) is 2. The molecule has 1 atom stereocenters. The van der Waals surface area contributed by atoms with Crippen molar-refractivity contribution in [2.24, 2.45) is 0 Å². The van der Waals surface area contributed by atoms with Crippen molar-refractivity contribution in [3.63, 3.8) is 0 Å². The molecule has 2 aromatic carbocycles. The van der Waals surface area contributed by atoms with Crippen molar-refractivity contribution < 1.29 is 19.2 Å². The van der Waals surface area contributed by atoms with Gasteiger partial charge in [-0.15, -0.1) is 0 Å². The maximum Gasteiger partial charge on any atom is 0.269 e. The van der Waals surface area contributed by atoms with Gasteiger partial charge in [-0.05, 0) is 29.8 Å². The molecule has 2 rings (SSSR count). The fourth-order valence-corrected chi connectivity index (χ4v) is 2.30. The van der Waals surface area contributed by atoms with Gasteiger partial charge >= 0.3 is 0 Å². The third kappa shape index (κ3) is 4.50. The lowest BCUT2D eigenvalue weighted by Gasteiger charge is -2.12. The molecule has 0 aliphatic rings. The highest BCUT2D eigenvalue weighted by Crippen LogP contribution is 2.20. The van der Waals surface area contributed by atoms with E-state index in [0.29, 0.717) is 5.56 Å². The maximum atomic E-state index is 13.6. The molecule has 0 unspecified atom stereocenters. The molecule has 0 heterocycles. The minimum absolute atomic E-state index is 0.0847. The molecule has 0 aliphatic heterocycles. The molecule has 8 heteroatoms. The van der Waals surface area contributed by atoms with Crippen LogP contribution < -0.4 is 5.32 Å². The fourth-order valence-electron chi connectivity index (χ4n) is 2.07. The molecule has 0 aliphatic carbocycles. The Bertz CT molecular complexity index is 732. The summed E-state index contributed by atoms with van der Waals surface area (Å²) in [7, 11) is 0. The van der Waals surface area contributed by atoms with E-state index in [9.17, 15) is 24.4 Å². The van der Waals surface area contributed by atoms with Crippen LogP contribution in [0.4, 0.5) is 10.1 Å². The molecule has 0 aromatic heterocycles. The molecule has 126 valence electrons. The predicted molar refractivity (Wildman–Crippen MR) is 86.2 cm³/mol. The van der Waals surface area contributed by atoms with Gasteiger partial charge in [-0.25, -0.2) is 4.39 Å². The topological polar surface area (TPSA) is 92.5 Å². The minimum Gasteiger partial charge on any atom is -0.387 e. The van der Waals surface area contributed by atoms with Crippen molar-refractivity contribution in [1.82, 2.24) is 5.32 Å². The van der Waals surface area contributed by atoms with Crippen molar-refractivity contribution in [3.8, 4) is 0 Å². The molecule has 1 amide bonds. The molecule has 0 spiro atoms. The van der Waals surface area contributed by atoms with Gasteiger partial charge in [-0.3, -0.25) is 14.9 Å². The van der Waals surface area contributed by atoms with Crippen LogP contribution in [-0.2, 0) is 11.2 Å². The number of amides is 1. The number of benzene rings is 2. The zero-order valence-corrected chi connectivity index (χ0v) is 13.2. The number of nitrogens with zero attached hydrogens (tertiary/aromatic N) is 1. The lowest BCUT2D eigenvalue weighted by atomic mass is 10.1. The number of aliphatic hydroxyl groups is 1. The van der Waals surface area contributed by atoms with Crippen LogP contribution in [0.2, 0.25) is 5.02 Å². The molecular formula is C16H14ClFN2O4. The summed E-state index contributed by atoms with van der Waals surface area (Å²) in [6, 6.07) is 9.47. The van der Waals surface area contributed by atoms with Crippen molar-refractivity contribution in [1.29, 1.82) is 0 Å². The van der Waals surface area contributed by atoms with Crippen molar-refractivity contribution in [2.45, 2.75) is 12.5 Å². The largest absolute Gasteiger partial charge is 0.387 e. The molecule has 6 nitrogen and oxygen atoms in total. The summed E-state index contributed by atoms with van der Waals surface area (Å²) in [5.74, 6) is -1.07. The Labute approximate surface area is 142 Å². The van der Waals surface area contributed by atoms with E-state index in [1.807, 2.05) is 0 Å². The summed E-state index contributed by atoms with van der Waals surface area (Å²) in [4.78, 5) is 21.9. The van der Waals surface area contributed by atoms with Gasteiger partial charge in [0, 0.05) is 29.3 Å². The fraction of sp³-hybridized carbons (Fsp3) is 0.188. The van der Waals surface area contributed by atoms with Gasteiger partial charge < -0.3 is 10.4 Å². The molecule has 2 aromatic rings. The van der Waals surface area contributed by atoms with Crippen LogP contribution in [-0.4, -0.2) is 22.5 Å². The van der Waals surface area contributed by atoms with E-state index < -0.39 is 22.8 Å². The zero-order chi connectivity index (χ0) is 17.7. The first-order valence-corrected chi connectivity index (χ1v) is 7.38. The second-order valence-electron chi connectivity index (χ2n) is 5.05. The standard InChI is InChI=1S/C16H14ClFN2O4/c17-13-2-1-3-14(18)12(13)8-16(22)19-9-15(21)10-4-6-11(7-5-10)20(23)24/h1-7,15,21H,8-9H2,(H,19,22)/t15-/m1/s1. The summed E-state index contributed by atoms with van der Waals surface area (Å²) >= 11 is 5.85. The van der Waals surface area contributed by atoms with Crippen LogP contribution in [0.3, 0.4) is 0 Å². The number of nitrogens with one attached hydrogen (secondary N) is 1. The van der Waals surface area contributed by atoms with Gasteiger partial charge in [0.1, 0.15) is 5.82 Å². The Hall–Kier alpha value is -2.51. The Morgan fingerprint density at radius 2 is 1.96 bits per heavy atom. The van der Waals surface area contributed by atoms with Crippen LogP contribution in [0.5, 0.6) is 0 Å². The average molecular weight is 353 g/mol. The van der Waals surface area contributed by atoms with Crippen molar-refractivity contribution in [3.05, 3.63) is 74.5 Å². The number of nitro groups is 1.